The molecule has 0 unspecified atom stereocenters. The van der Waals surface area contributed by atoms with Gasteiger partial charge >= 0.3 is 0 Å². The average Bonchev–Trinajstić information content (AvgIpc) is 3.27. The maximum Gasteiger partial charge on any atom is 0.234 e. The Bertz CT molecular complexity index is 1270. The number of aryl methyl sites for hydroxylation is 2. The summed E-state index contributed by atoms with van der Waals surface area (Å²) in [6.45, 7) is 4.11. The number of carbonyl (C=O) groups is 1. The molecule has 4 aromatic rings. The summed E-state index contributed by atoms with van der Waals surface area (Å²) in [7, 11) is 0. The van der Waals surface area contributed by atoms with Crippen molar-refractivity contribution in [3.8, 4) is 17.1 Å². The molecule has 1 aromatic heterocycles. The number of thioether (sulfide) groups is 1. The van der Waals surface area contributed by atoms with Crippen LogP contribution in [0.25, 0.3) is 17.1 Å². The summed E-state index contributed by atoms with van der Waals surface area (Å²) >= 11 is 1.23. The number of aromatic nitrogens is 3. The number of hydrogen-bond donors (Lipinski definition) is 1. The third-order valence-corrected chi connectivity index (χ3v) is 6.35. The molecule has 8 heteroatoms. The molecule has 1 heterocycles. The van der Waals surface area contributed by atoms with Crippen LogP contribution in [0.3, 0.4) is 0 Å². The van der Waals surface area contributed by atoms with Crippen molar-refractivity contribution >= 4 is 23.4 Å². The van der Waals surface area contributed by atoms with Crippen molar-refractivity contribution in [2.45, 2.75) is 31.8 Å². The van der Waals surface area contributed by atoms with E-state index in [2.05, 4.69) is 29.4 Å². The molecule has 0 saturated heterocycles. The number of nitrogens with one attached hydrogen (secondary N) is 1. The summed E-state index contributed by atoms with van der Waals surface area (Å²) in [4.78, 5) is 12.8. The minimum absolute atomic E-state index is 0.115. The summed E-state index contributed by atoms with van der Waals surface area (Å²) < 4.78 is 28.7. The van der Waals surface area contributed by atoms with Gasteiger partial charge in [-0.25, -0.2) is 8.78 Å². The van der Waals surface area contributed by atoms with E-state index in [1.54, 1.807) is 28.8 Å². The molecule has 0 aliphatic rings. The summed E-state index contributed by atoms with van der Waals surface area (Å²) in [6.07, 6.45) is 1.63. The van der Waals surface area contributed by atoms with Crippen LogP contribution in [0.1, 0.15) is 25.0 Å². The van der Waals surface area contributed by atoms with E-state index in [1.807, 2.05) is 18.2 Å². The van der Waals surface area contributed by atoms with Crippen LogP contribution < -0.4 is 5.32 Å². The topological polar surface area (TPSA) is 59.8 Å². The second kappa shape index (κ2) is 10.6. The van der Waals surface area contributed by atoms with Gasteiger partial charge in [-0.2, -0.15) is 0 Å². The van der Waals surface area contributed by atoms with Crippen molar-refractivity contribution in [2.24, 2.45) is 0 Å². The molecular weight excluding hydrogens is 454 g/mol. The second-order valence-corrected chi connectivity index (χ2v) is 8.56. The molecule has 1 amide bonds. The van der Waals surface area contributed by atoms with Gasteiger partial charge in [-0.05, 0) is 72.5 Å². The Balaban J connectivity index is 1.61. The SMILES string of the molecule is CCc1cccc(CC)c1NC(=O)CSc1nnc(-c2ccc(F)cc2)n1-c1ccc(F)cc1. The monoisotopic (exact) mass is 478 g/mol. The van der Waals surface area contributed by atoms with E-state index < -0.39 is 0 Å². The number of benzene rings is 3. The first-order valence-electron chi connectivity index (χ1n) is 11.0. The first-order valence-corrected chi connectivity index (χ1v) is 12.0. The summed E-state index contributed by atoms with van der Waals surface area (Å²) in [5.74, 6) is -0.294. The zero-order valence-corrected chi connectivity index (χ0v) is 19.7. The van der Waals surface area contributed by atoms with E-state index in [4.69, 9.17) is 0 Å². The second-order valence-electron chi connectivity index (χ2n) is 7.62. The molecule has 0 spiro atoms. The number of amides is 1. The predicted molar refractivity (Wildman–Crippen MR) is 131 cm³/mol. The zero-order valence-electron chi connectivity index (χ0n) is 18.9. The molecule has 0 fully saturated rings. The van der Waals surface area contributed by atoms with E-state index in [0.717, 1.165) is 29.7 Å². The maximum atomic E-state index is 13.5. The minimum Gasteiger partial charge on any atom is -0.325 e. The van der Waals surface area contributed by atoms with Gasteiger partial charge in [0.1, 0.15) is 11.6 Å². The third kappa shape index (κ3) is 5.17. The van der Waals surface area contributed by atoms with E-state index >= 15 is 0 Å². The quantitative estimate of drug-likeness (QED) is 0.312. The van der Waals surface area contributed by atoms with Crippen molar-refractivity contribution in [3.63, 3.8) is 0 Å². The Morgan fingerprint density at radius 1 is 0.882 bits per heavy atom. The van der Waals surface area contributed by atoms with Gasteiger partial charge in [0.2, 0.25) is 5.91 Å². The lowest BCUT2D eigenvalue weighted by Gasteiger charge is -2.14. The van der Waals surface area contributed by atoms with E-state index in [9.17, 15) is 13.6 Å². The maximum absolute atomic E-state index is 13.5. The number of nitrogens with zero attached hydrogens (tertiary/aromatic N) is 3. The van der Waals surface area contributed by atoms with Gasteiger partial charge in [0.25, 0.3) is 0 Å². The number of para-hydroxylation sites is 1. The molecule has 3 aromatic carbocycles. The summed E-state index contributed by atoms with van der Waals surface area (Å²) in [6, 6.07) is 17.8. The Kier molecular flexibility index (Phi) is 7.37. The Morgan fingerprint density at radius 3 is 2.06 bits per heavy atom. The number of carbonyl (C=O) groups excluding carboxylic acids is 1. The predicted octanol–water partition coefficient (Wildman–Crippen LogP) is 6.07. The highest BCUT2D eigenvalue weighted by Crippen LogP contribution is 2.29. The van der Waals surface area contributed by atoms with Crippen molar-refractivity contribution in [3.05, 3.63) is 89.5 Å². The third-order valence-electron chi connectivity index (χ3n) is 5.42. The fourth-order valence-electron chi connectivity index (χ4n) is 3.68. The lowest BCUT2D eigenvalue weighted by molar-refractivity contribution is -0.113. The van der Waals surface area contributed by atoms with Gasteiger partial charge in [0.15, 0.2) is 11.0 Å². The largest absolute Gasteiger partial charge is 0.325 e. The highest BCUT2D eigenvalue weighted by atomic mass is 32.2. The Hall–Kier alpha value is -3.52. The van der Waals surface area contributed by atoms with Crippen molar-refractivity contribution in [1.82, 2.24) is 14.8 Å². The van der Waals surface area contributed by atoms with E-state index in [1.165, 1.54) is 36.0 Å². The minimum atomic E-state index is -0.366. The average molecular weight is 479 g/mol. The van der Waals surface area contributed by atoms with Crippen LogP contribution in [0.15, 0.2) is 71.9 Å². The first-order chi connectivity index (χ1) is 16.5. The first kappa shape index (κ1) is 23.6. The molecule has 4 rings (SSSR count). The van der Waals surface area contributed by atoms with Crippen LogP contribution >= 0.6 is 11.8 Å². The van der Waals surface area contributed by atoms with Gasteiger partial charge in [0, 0.05) is 16.9 Å². The highest BCUT2D eigenvalue weighted by molar-refractivity contribution is 7.99. The fraction of sp³-hybridized carbons (Fsp3) is 0.192. The van der Waals surface area contributed by atoms with Crippen LogP contribution in [0.5, 0.6) is 0 Å². The Morgan fingerprint density at radius 2 is 1.47 bits per heavy atom. The number of rotatable bonds is 8. The van der Waals surface area contributed by atoms with Crippen LogP contribution in [-0.4, -0.2) is 26.4 Å². The summed E-state index contributed by atoms with van der Waals surface area (Å²) in [5.41, 5.74) is 4.33. The highest BCUT2D eigenvalue weighted by Gasteiger charge is 2.18. The van der Waals surface area contributed by atoms with Gasteiger partial charge in [-0.15, -0.1) is 10.2 Å². The molecule has 0 aliphatic heterocycles. The van der Waals surface area contributed by atoms with Gasteiger partial charge < -0.3 is 5.32 Å². The normalized spacial score (nSPS) is 10.9. The van der Waals surface area contributed by atoms with E-state index in [-0.39, 0.29) is 23.3 Å². The molecule has 174 valence electrons. The molecule has 0 atom stereocenters. The van der Waals surface area contributed by atoms with Crippen LogP contribution in [0.2, 0.25) is 0 Å². The Labute approximate surface area is 201 Å². The van der Waals surface area contributed by atoms with Crippen LogP contribution in [0, 0.1) is 11.6 Å². The van der Waals surface area contributed by atoms with Crippen LogP contribution in [-0.2, 0) is 17.6 Å². The fourth-order valence-corrected chi connectivity index (χ4v) is 4.43. The van der Waals surface area contributed by atoms with Crippen molar-refractivity contribution < 1.29 is 13.6 Å². The summed E-state index contributed by atoms with van der Waals surface area (Å²) in [5, 5.41) is 12.1. The molecule has 5 nitrogen and oxygen atoms in total. The van der Waals surface area contributed by atoms with Gasteiger partial charge in [-0.1, -0.05) is 43.8 Å². The molecule has 0 aliphatic carbocycles. The number of halogens is 2. The van der Waals surface area contributed by atoms with Crippen molar-refractivity contribution in [2.75, 3.05) is 11.1 Å². The molecule has 1 N–H and O–H groups in total. The van der Waals surface area contributed by atoms with Crippen LogP contribution in [0.4, 0.5) is 14.5 Å². The molecule has 34 heavy (non-hydrogen) atoms. The standard InChI is InChI=1S/C26H24F2N4OS/c1-3-17-6-5-7-18(4-2)24(17)29-23(33)16-34-26-31-30-25(19-8-10-20(27)11-9-19)32(26)22-14-12-21(28)13-15-22/h5-15H,3-4,16H2,1-2H3,(H,29,33). The molecule has 0 radical (unpaired) electrons. The lowest BCUT2D eigenvalue weighted by Crippen LogP contribution is -2.17. The van der Waals surface area contributed by atoms with Gasteiger partial charge in [0.05, 0.1) is 5.75 Å². The van der Waals surface area contributed by atoms with E-state index in [0.29, 0.717) is 22.2 Å². The van der Waals surface area contributed by atoms with Gasteiger partial charge in [-0.3, -0.25) is 9.36 Å². The smallest absolute Gasteiger partial charge is 0.234 e. The van der Waals surface area contributed by atoms with Crippen molar-refractivity contribution in [1.29, 1.82) is 0 Å². The lowest BCUT2D eigenvalue weighted by atomic mass is 10.0. The number of anilines is 1. The molecule has 0 bridgehead atoms. The molecule has 0 saturated carbocycles. The number of hydrogen-bond acceptors (Lipinski definition) is 4. The zero-order chi connectivity index (χ0) is 24.1. The molecular formula is C26H24F2N4OS.